The van der Waals surface area contributed by atoms with E-state index in [1.165, 1.54) is 42.0 Å². The van der Waals surface area contributed by atoms with Gasteiger partial charge in [-0.1, -0.05) is 29.7 Å². The second-order valence-electron chi connectivity index (χ2n) is 8.00. The number of ether oxygens (including phenoxy) is 1. The fraction of sp³-hybridized carbons (Fsp3) is 0.409. The first kappa shape index (κ1) is 24.6. The van der Waals surface area contributed by atoms with Crippen molar-refractivity contribution < 1.29 is 27.5 Å². The molecule has 1 aromatic carbocycles. The molecule has 1 aromatic heterocycles. The first-order valence-electron chi connectivity index (χ1n) is 10.6. The molecule has 7 nitrogen and oxygen atoms in total. The van der Waals surface area contributed by atoms with E-state index in [0.717, 1.165) is 16.4 Å². The number of benzene rings is 1. The van der Waals surface area contributed by atoms with Gasteiger partial charge in [0, 0.05) is 18.0 Å². The highest BCUT2D eigenvalue weighted by Crippen LogP contribution is 2.45. The van der Waals surface area contributed by atoms with Crippen LogP contribution in [0, 0.1) is 12.8 Å². The molecular formula is C22H23F3N4O3S2. The van der Waals surface area contributed by atoms with Crippen LogP contribution in [-0.4, -0.2) is 42.2 Å². The lowest BCUT2D eigenvalue weighted by molar-refractivity contribution is -0.138. The van der Waals surface area contributed by atoms with E-state index in [4.69, 9.17) is 4.74 Å². The Morgan fingerprint density at radius 3 is 2.71 bits per heavy atom. The predicted molar refractivity (Wildman–Crippen MR) is 123 cm³/mol. The number of alkyl halides is 3. The smallest absolute Gasteiger partial charge is 0.351 e. The van der Waals surface area contributed by atoms with Gasteiger partial charge in [-0.3, -0.25) is 9.59 Å². The minimum atomic E-state index is -4.69. The highest BCUT2D eigenvalue weighted by atomic mass is 32.2. The Kier molecular flexibility index (Phi) is 7.20. The summed E-state index contributed by atoms with van der Waals surface area (Å²) in [6.07, 6.45) is 0.603. The van der Waals surface area contributed by atoms with Crippen LogP contribution in [0.3, 0.4) is 0 Å². The topological polar surface area (TPSA) is 95.7 Å². The highest BCUT2D eigenvalue weighted by Gasteiger charge is 2.49. The number of halogens is 3. The van der Waals surface area contributed by atoms with Crippen LogP contribution < -0.4 is 16.0 Å². The minimum absolute atomic E-state index is 0.0268. The fourth-order valence-corrected chi connectivity index (χ4v) is 5.34. The van der Waals surface area contributed by atoms with E-state index in [9.17, 15) is 22.8 Å². The molecule has 1 saturated carbocycles. The number of aryl methyl sites for hydroxylation is 1. The van der Waals surface area contributed by atoms with E-state index in [0.29, 0.717) is 21.5 Å². The molecule has 2 fully saturated rings. The fourth-order valence-electron chi connectivity index (χ4n) is 3.38. The second kappa shape index (κ2) is 9.96. The van der Waals surface area contributed by atoms with Crippen LogP contribution in [0.25, 0.3) is 0 Å². The van der Waals surface area contributed by atoms with Crippen LogP contribution in [0.5, 0.6) is 0 Å². The molecule has 2 unspecified atom stereocenters. The molecule has 12 heteroatoms. The van der Waals surface area contributed by atoms with E-state index in [1.54, 1.807) is 13.1 Å². The molecular weight excluding hydrogens is 489 g/mol. The number of hydrogen-bond donors (Lipinski definition) is 3. The van der Waals surface area contributed by atoms with Gasteiger partial charge in [0.2, 0.25) is 5.91 Å². The summed E-state index contributed by atoms with van der Waals surface area (Å²) in [6, 6.07) is 2.23. The average molecular weight is 513 g/mol. The van der Waals surface area contributed by atoms with Crippen LogP contribution in [-0.2, 0) is 15.7 Å². The summed E-state index contributed by atoms with van der Waals surface area (Å²) >= 11 is 2.62. The summed E-state index contributed by atoms with van der Waals surface area (Å²) in [5.74, 6) is -0.677. The number of aromatic nitrogens is 1. The second-order valence-corrected chi connectivity index (χ2v) is 10.4. The van der Waals surface area contributed by atoms with Gasteiger partial charge in [0.1, 0.15) is 6.10 Å². The quantitative estimate of drug-likeness (QED) is 0.251. The van der Waals surface area contributed by atoms with E-state index in [-0.39, 0.29) is 25.4 Å². The summed E-state index contributed by atoms with van der Waals surface area (Å²) in [6.45, 7) is 4.91. The maximum Gasteiger partial charge on any atom is 0.417 e. The Hall–Kier alpha value is -2.57. The van der Waals surface area contributed by atoms with Gasteiger partial charge in [-0.15, -0.1) is 0 Å². The van der Waals surface area contributed by atoms with Gasteiger partial charge in [0.15, 0.2) is 11.4 Å². The molecule has 0 spiro atoms. The molecule has 1 saturated heterocycles. The molecule has 182 valence electrons. The van der Waals surface area contributed by atoms with Crippen molar-refractivity contribution in [2.45, 2.75) is 47.4 Å². The van der Waals surface area contributed by atoms with E-state index < -0.39 is 29.1 Å². The molecule has 2 aromatic rings. The number of hydrogen-bond acceptors (Lipinski definition) is 7. The van der Waals surface area contributed by atoms with Crippen molar-refractivity contribution in [1.29, 1.82) is 0 Å². The summed E-state index contributed by atoms with van der Waals surface area (Å²) in [7, 11) is 0. The summed E-state index contributed by atoms with van der Waals surface area (Å²) in [4.78, 5) is 28.6. The van der Waals surface area contributed by atoms with Gasteiger partial charge >= 0.3 is 6.18 Å². The van der Waals surface area contributed by atoms with Crippen LogP contribution in [0.4, 0.5) is 18.3 Å². The molecule has 4 rings (SSSR count). The number of rotatable bonds is 10. The van der Waals surface area contributed by atoms with Gasteiger partial charge in [-0.2, -0.15) is 13.2 Å². The van der Waals surface area contributed by atoms with Gasteiger partial charge in [0.25, 0.3) is 5.91 Å². The van der Waals surface area contributed by atoms with Crippen molar-refractivity contribution in [2.75, 3.05) is 18.4 Å². The number of carbonyl (C=O) groups is 2. The van der Waals surface area contributed by atoms with Gasteiger partial charge in [-0.25, -0.2) is 4.98 Å². The van der Waals surface area contributed by atoms with Gasteiger partial charge < -0.3 is 20.7 Å². The summed E-state index contributed by atoms with van der Waals surface area (Å²) < 4.78 is 47.3. The molecule has 2 heterocycles. The molecule has 1 aliphatic heterocycles. The third-order valence-electron chi connectivity index (χ3n) is 5.33. The lowest BCUT2D eigenvalue weighted by atomic mass is 10.0. The average Bonchev–Trinajstić information content (AvgIpc) is 3.69. The first-order chi connectivity index (χ1) is 16.2. The maximum absolute atomic E-state index is 13.6. The SMILES string of the molecule is C=CC(=O)NCCNC(=O)c1cc(Sc2cnc(NC3OC3C3CC3)s2)c(C)cc1C(F)(F)F. The van der Waals surface area contributed by atoms with Crippen LogP contribution >= 0.6 is 23.1 Å². The molecule has 2 atom stereocenters. The third-order valence-corrected chi connectivity index (χ3v) is 7.52. The Morgan fingerprint density at radius 1 is 1.29 bits per heavy atom. The van der Waals surface area contributed by atoms with Crippen molar-refractivity contribution >= 4 is 40.0 Å². The number of anilines is 1. The Morgan fingerprint density at radius 2 is 2.03 bits per heavy atom. The Labute approximate surface area is 202 Å². The Balaban J connectivity index is 1.45. The number of amides is 2. The summed E-state index contributed by atoms with van der Waals surface area (Å²) in [5, 5.41) is 8.78. The van der Waals surface area contributed by atoms with Gasteiger partial charge in [-0.05, 0) is 49.5 Å². The monoisotopic (exact) mass is 512 g/mol. The van der Waals surface area contributed by atoms with Crippen molar-refractivity contribution in [3.05, 3.63) is 47.7 Å². The molecule has 0 bridgehead atoms. The number of epoxide rings is 1. The number of nitrogens with one attached hydrogen (secondary N) is 3. The normalized spacial score (nSPS) is 19.4. The van der Waals surface area contributed by atoms with Crippen molar-refractivity contribution in [1.82, 2.24) is 15.6 Å². The number of thiazole rings is 1. The van der Waals surface area contributed by atoms with Gasteiger partial charge in [0.05, 0.1) is 21.5 Å². The predicted octanol–water partition coefficient (Wildman–Crippen LogP) is 4.20. The van der Waals surface area contributed by atoms with Crippen LogP contribution in [0.1, 0.15) is 34.3 Å². The lowest BCUT2D eigenvalue weighted by Gasteiger charge is -2.16. The van der Waals surface area contributed by atoms with Crippen LogP contribution in [0.2, 0.25) is 0 Å². The Bertz CT molecular complexity index is 1100. The zero-order valence-corrected chi connectivity index (χ0v) is 19.8. The van der Waals surface area contributed by atoms with Crippen molar-refractivity contribution in [3.8, 4) is 0 Å². The van der Waals surface area contributed by atoms with E-state index in [2.05, 4.69) is 27.5 Å². The molecule has 2 amide bonds. The third kappa shape index (κ3) is 6.10. The first-order valence-corrected chi connectivity index (χ1v) is 12.2. The highest BCUT2D eigenvalue weighted by molar-refractivity contribution is 8.01. The maximum atomic E-state index is 13.6. The largest absolute Gasteiger partial charge is 0.417 e. The van der Waals surface area contributed by atoms with Crippen molar-refractivity contribution in [3.63, 3.8) is 0 Å². The minimum Gasteiger partial charge on any atom is -0.351 e. The molecule has 3 N–H and O–H groups in total. The number of nitrogens with zero attached hydrogens (tertiary/aromatic N) is 1. The molecule has 1 aliphatic carbocycles. The van der Waals surface area contributed by atoms with Crippen LogP contribution in [0.15, 0.2) is 40.1 Å². The number of carbonyl (C=O) groups excluding carboxylic acids is 2. The van der Waals surface area contributed by atoms with E-state index in [1.807, 2.05) is 0 Å². The molecule has 2 aliphatic rings. The zero-order valence-electron chi connectivity index (χ0n) is 18.2. The van der Waals surface area contributed by atoms with Crippen molar-refractivity contribution in [2.24, 2.45) is 5.92 Å². The standard InChI is InChI=1S/C22H23F3N4O3S2/c1-3-16(30)26-6-7-27-19(31)13-9-15(11(2)8-14(13)22(23,24)25)33-17-10-28-21(34-17)29-20-18(32-20)12-4-5-12/h3,8-10,12,18,20H,1,4-7H2,2H3,(H,26,30)(H,27,31)(H,28,29). The summed E-state index contributed by atoms with van der Waals surface area (Å²) in [5.41, 5.74) is -1.09. The molecule has 34 heavy (non-hydrogen) atoms. The zero-order chi connectivity index (χ0) is 24.5. The van der Waals surface area contributed by atoms with E-state index >= 15 is 0 Å². The molecule has 0 radical (unpaired) electrons. The lowest BCUT2D eigenvalue weighted by Crippen LogP contribution is -2.34.